The van der Waals surface area contributed by atoms with E-state index in [0.717, 1.165) is 24.8 Å². The number of aliphatic hydroxyl groups is 1. The normalized spacial score (nSPS) is 35.0. The minimum Gasteiger partial charge on any atom is -0.394 e. The molecular weight excluding hydrogens is 248 g/mol. The van der Waals surface area contributed by atoms with Crippen LogP contribution in [0.5, 0.6) is 0 Å². The highest BCUT2D eigenvalue weighted by Crippen LogP contribution is 2.40. The number of nitrogens with zero attached hydrogens (tertiary/aromatic N) is 1. The van der Waals surface area contributed by atoms with E-state index in [9.17, 15) is 5.11 Å². The lowest BCUT2D eigenvalue weighted by Crippen LogP contribution is -2.58. The van der Waals surface area contributed by atoms with Crippen LogP contribution in [0.15, 0.2) is 0 Å². The van der Waals surface area contributed by atoms with Gasteiger partial charge in [0.25, 0.3) is 0 Å². The number of hydrogen-bond donors (Lipinski definition) is 2. The van der Waals surface area contributed by atoms with Gasteiger partial charge in [0.1, 0.15) is 0 Å². The molecule has 0 aliphatic heterocycles. The second-order valence-electron chi connectivity index (χ2n) is 7.86. The molecule has 3 rings (SSSR count). The van der Waals surface area contributed by atoms with Crippen molar-refractivity contribution < 1.29 is 5.11 Å². The predicted molar refractivity (Wildman–Crippen MR) is 82.8 cm³/mol. The predicted octanol–water partition coefficient (Wildman–Crippen LogP) is 2.53. The Morgan fingerprint density at radius 3 is 2.45 bits per heavy atom. The summed E-state index contributed by atoms with van der Waals surface area (Å²) >= 11 is 0. The molecule has 2 atom stereocenters. The van der Waals surface area contributed by atoms with Gasteiger partial charge in [-0.3, -0.25) is 4.90 Å². The van der Waals surface area contributed by atoms with Gasteiger partial charge in [-0.2, -0.15) is 0 Å². The third kappa shape index (κ3) is 3.55. The van der Waals surface area contributed by atoms with Gasteiger partial charge >= 0.3 is 0 Å². The van der Waals surface area contributed by atoms with E-state index in [1.165, 1.54) is 45.1 Å². The molecule has 3 saturated carbocycles. The van der Waals surface area contributed by atoms with Crippen LogP contribution < -0.4 is 5.32 Å². The summed E-state index contributed by atoms with van der Waals surface area (Å²) in [7, 11) is 0. The van der Waals surface area contributed by atoms with Crippen LogP contribution in [0.25, 0.3) is 0 Å². The van der Waals surface area contributed by atoms with Gasteiger partial charge < -0.3 is 10.4 Å². The highest BCUT2D eigenvalue weighted by atomic mass is 16.3. The maximum atomic E-state index is 9.96. The van der Waals surface area contributed by atoms with Crippen molar-refractivity contribution in [2.45, 2.75) is 88.9 Å². The van der Waals surface area contributed by atoms with Crippen molar-refractivity contribution in [2.24, 2.45) is 5.92 Å². The standard InChI is InChI=1S/C17H32N2O/c1-13(2)18-17(12-20)9-3-4-16(10-17)19(15-7-8-15)11-14-5-6-14/h13-16,18,20H,3-12H2,1-2H3. The molecule has 0 aromatic rings. The molecule has 0 heterocycles. The van der Waals surface area contributed by atoms with E-state index in [4.69, 9.17) is 0 Å². The van der Waals surface area contributed by atoms with Crippen molar-refractivity contribution in [3.05, 3.63) is 0 Å². The molecular formula is C17H32N2O. The van der Waals surface area contributed by atoms with Crippen LogP contribution in [0.2, 0.25) is 0 Å². The zero-order valence-corrected chi connectivity index (χ0v) is 13.3. The van der Waals surface area contributed by atoms with E-state index in [1.54, 1.807) is 0 Å². The average molecular weight is 280 g/mol. The number of hydrogen-bond acceptors (Lipinski definition) is 3. The molecule has 0 saturated heterocycles. The van der Waals surface area contributed by atoms with Gasteiger partial charge in [-0.25, -0.2) is 0 Å². The maximum absolute atomic E-state index is 9.96. The summed E-state index contributed by atoms with van der Waals surface area (Å²) in [6.07, 6.45) is 10.6. The van der Waals surface area contributed by atoms with Crippen LogP contribution in [0.1, 0.15) is 65.2 Å². The summed E-state index contributed by atoms with van der Waals surface area (Å²) in [5.41, 5.74) is -0.0201. The van der Waals surface area contributed by atoms with Crippen LogP contribution in [-0.4, -0.2) is 46.8 Å². The first-order valence-electron chi connectivity index (χ1n) is 8.76. The first kappa shape index (κ1) is 14.8. The first-order chi connectivity index (χ1) is 9.62. The first-order valence-corrected chi connectivity index (χ1v) is 8.76. The Bertz CT molecular complexity index is 325. The molecule has 3 nitrogen and oxygen atoms in total. The summed E-state index contributed by atoms with van der Waals surface area (Å²) in [6.45, 7) is 6.02. The van der Waals surface area contributed by atoms with E-state index in [1.807, 2.05) is 0 Å². The van der Waals surface area contributed by atoms with E-state index in [0.29, 0.717) is 18.7 Å². The van der Waals surface area contributed by atoms with E-state index in [2.05, 4.69) is 24.1 Å². The van der Waals surface area contributed by atoms with Crippen molar-refractivity contribution in [2.75, 3.05) is 13.2 Å². The Morgan fingerprint density at radius 2 is 1.90 bits per heavy atom. The summed E-state index contributed by atoms with van der Waals surface area (Å²) < 4.78 is 0. The Labute approximate surface area is 124 Å². The van der Waals surface area contributed by atoms with E-state index in [-0.39, 0.29) is 5.54 Å². The maximum Gasteiger partial charge on any atom is 0.0613 e. The second-order valence-corrected chi connectivity index (χ2v) is 7.86. The molecule has 3 aliphatic rings. The van der Waals surface area contributed by atoms with Gasteiger partial charge in [0.2, 0.25) is 0 Å². The monoisotopic (exact) mass is 280 g/mol. The molecule has 2 N–H and O–H groups in total. The molecule has 0 aromatic carbocycles. The summed E-state index contributed by atoms with van der Waals surface area (Å²) in [5, 5.41) is 13.6. The topological polar surface area (TPSA) is 35.5 Å². The molecule has 0 bridgehead atoms. The van der Waals surface area contributed by atoms with Crippen molar-refractivity contribution >= 4 is 0 Å². The molecule has 116 valence electrons. The highest BCUT2D eigenvalue weighted by molar-refractivity contribution is 5.01. The molecule has 2 unspecified atom stereocenters. The molecule has 3 aliphatic carbocycles. The van der Waals surface area contributed by atoms with Gasteiger partial charge in [0.05, 0.1) is 6.61 Å². The fraction of sp³-hybridized carbons (Fsp3) is 1.00. The zero-order chi connectivity index (χ0) is 14.2. The van der Waals surface area contributed by atoms with Crippen LogP contribution in [0.4, 0.5) is 0 Å². The largest absolute Gasteiger partial charge is 0.394 e. The van der Waals surface area contributed by atoms with Crippen LogP contribution in [0.3, 0.4) is 0 Å². The average Bonchev–Trinajstić information content (AvgIpc) is 3.27. The summed E-state index contributed by atoms with van der Waals surface area (Å²) in [5.74, 6) is 0.985. The van der Waals surface area contributed by atoms with Crippen molar-refractivity contribution in [3.63, 3.8) is 0 Å². The lowest BCUT2D eigenvalue weighted by atomic mass is 9.78. The van der Waals surface area contributed by atoms with Crippen molar-refractivity contribution in [1.82, 2.24) is 10.2 Å². The SMILES string of the molecule is CC(C)NC1(CO)CCCC(N(CC2CC2)C2CC2)C1. The number of rotatable bonds is 7. The Balaban J connectivity index is 1.65. The van der Waals surface area contributed by atoms with Crippen LogP contribution >= 0.6 is 0 Å². The minimum atomic E-state index is -0.0201. The molecule has 3 fully saturated rings. The molecule has 0 aromatic heterocycles. The number of nitrogens with one attached hydrogen (secondary N) is 1. The smallest absolute Gasteiger partial charge is 0.0613 e. The van der Waals surface area contributed by atoms with Gasteiger partial charge in [-0.1, -0.05) is 13.8 Å². The molecule has 20 heavy (non-hydrogen) atoms. The molecule has 3 heteroatoms. The quantitative estimate of drug-likeness (QED) is 0.752. The second kappa shape index (κ2) is 5.94. The van der Waals surface area contributed by atoms with Gasteiger partial charge in [-0.15, -0.1) is 0 Å². The minimum absolute atomic E-state index is 0.0201. The van der Waals surface area contributed by atoms with Crippen molar-refractivity contribution in [1.29, 1.82) is 0 Å². The van der Waals surface area contributed by atoms with Crippen molar-refractivity contribution in [3.8, 4) is 0 Å². The van der Waals surface area contributed by atoms with E-state index < -0.39 is 0 Å². The van der Waals surface area contributed by atoms with E-state index >= 15 is 0 Å². The highest BCUT2D eigenvalue weighted by Gasteiger charge is 2.43. The lowest BCUT2D eigenvalue weighted by Gasteiger charge is -2.45. The molecule has 0 amide bonds. The van der Waals surface area contributed by atoms with Gasteiger partial charge in [0.15, 0.2) is 0 Å². The number of aliphatic hydroxyl groups excluding tert-OH is 1. The fourth-order valence-corrected chi connectivity index (χ4v) is 4.15. The van der Waals surface area contributed by atoms with Crippen LogP contribution in [0, 0.1) is 5.92 Å². The Hall–Kier alpha value is -0.120. The zero-order valence-electron chi connectivity index (χ0n) is 13.3. The summed E-state index contributed by atoms with van der Waals surface area (Å²) in [6, 6.07) is 2.03. The molecule has 0 radical (unpaired) electrons. The van der Waals surface area contributed by atoms with Gasteiger partial charge in [0, 0.05) is 30.2 Å². The Morgan fingerprint density at radius 1 is 1.15 bits per heavy atom. The summed E-state index contributed by atoms with van der Waals surface area (Å²) in [4.78, 5) is 2.82. The lowest BCUT2D eigenvalue weighted by molar-refractivity contribution is 0.0485. The Kier molecular flexibility index (Phi) is 4.40. The third-order valence-electron chi connectivity index (χ3n) is 5.37. The fourth-order valence-electron chi connectivity index (χ4n) is 4.15. The molecule has 0 spiro atoms. The third-order valence-corrected chi connectivity index (χ3v) is 5.37. The van der Waals surface area contributed by atoms with Gasteiger partial charge in [-0.05, 0) is 57.3 Å². The van der Waals surface area contributed by atoms with Crippen LogP contribution in [-0.2, 0) is 0 Å².